The molecule has 0 aromatic carbocycles. The van der Waals surface area contributed by atoms with Gasteiger partial charge in [-0.1, -0.05) is 11.6 Å². The van der Waals surface area contributed by atoms with Crippen LogP contribution in [0.15, 0.2) is 12.7 Å². The first-order valence-corrected chi connectivity index (χ1v) is 8.16. The van der Waals surface area contributed by atoms with Gasteiger partial charge < -0.3 is 14.7 Å². The van der Waals surface area contributed by atoms with E-state index in [-0.39, 0.29) is 11.8 Å². The number of hydrogen-bond donors (Lipinski definition) is 2. The number of aliphatic hydroxyl groups excluding tert-OH is 1. The second-order valence-corrected chi connectivity index (χ2v) is 6.64. The van der Waals surface area contributed by atoms with Crippen LogP contribution in [0, 0.1) is 0 Å². The Morgan fingerprint density at radius 3 is 3.05 bits per heavy atom. The van der Waals surface area contributed by atoms with E-state index in [1.165, 1.54) is 17.2 Å². The fourth-order valence-electron chi connectivity index (χ4n) is 2.58. The molecule has 118 valence electrons. The maximum Gasteiger partial charge on any atom is 0.472 e. The van der Waals surface area contributed by atoms with Crippen molar-refractivity contribution in [2.24, 2.45) is 0 Å². The van der Waals surface area contributed by atoms with Crippen LogP contribution < -0.4 is 0 Å². The molecule has 10 nitrogen and oxygen atoms in total. The summed E-state index contributed by atoms with van der Waals surface area (Å²) in [5.74, 6) is 0. The Balaban J connectivity index is 1.71. The number of aromatic nitrogens is 4. The summed E-state index contributed by atoms with van der Waals surface area (Å²) in [6, 6.07) is 0. The van der Waals surface area contributed by atoms with E-state index in [1.807, 2.05) is 0 Å². The van der Waals surface area contributed by atoms with Crippen LogP contribution >= 0.6 is 19.4 Å². The standard InChI is InChI=1S/C10H10ClN4O6P/c11-8-5-9(13-2-12-8)15(3-14-5)10-6(16)7-4(20-10)1-19-22(17,18)21-7/h2-4,6-7,10,16H,1H2,(H,17,18). The molecular formula is C10H10ClN4O6P. The van der Waals surface area contributed by atoms with Crippen molar-refractivity contribution in [3.8, 4) is 0 Å². The number of phosphoric acid groups is 1. The molecule has 22 heavy (non-hydrogen) atoms. The van der Waals surface area contributed by atoms with Crippen molar-refractivity contribution in [1.29, 1.82) is 0 Å². The van der Waals surface area contributed by atoms with Crippen molar-refractivity contribution in [3.05, 3.63) is 17.8 Å². The predicted octanol–water partition coefficient (Wildman–Crippen LogP) is 0.254. The van der Waals surface area contributed by atoms with Gasteiger partial charge in [0.05, 0.1) is 12.9 Å². The largest absolute Gasteiger partial charge is 0.472 e. The third-order valence-electron chi connectivity index (χ3n) is 3.55. The molecule has 2 saturated heterocycles. The summed E-state index contributed by atoms with van der Waals surface area (Å²) in [7, 11) is -4.16. The smallest absolute Gasteiger partial charge is 0.386 e. The van der Waals surface area contributed by atoms with Crippen LogP contribution in [-0.2, 0) is 18.3 Å². The van der Waals surface area contributed by atoms with Crippen molar-refractivity contribution in [3.63, 3.8) is 0 Å². The first-order chi connectivity index (χ1) is 10.5. The molecule has 5 atom stereocenters. The third kappa shape index (κ3) is 2.16. The number of nitrogens with zero attached hydrogens (tertiary/aromatic N) is 4. The Labute approximate surface area is 128 Å². The van der Waals surface area contributed by atoms with Crippen molar-refractivity contribution in [2.75, 3.05) is 6.61 Å². The van der Waals surface area contributed by atoms with Crippen LogP contribution in [0.2, 0.25) is 5.15 Å². The van der Waals surface area contributed by atoms with Crippen molar-refractivity contribution in [2.45, 2.75) is 24.5 Å². The lowest BCUT2D eigenvalue weighted by Gasteiger charge is -2.27. The molecule has 0 amide bonds. The number of fused-ring (bicyclic) bond motifs is 2. The first kappa shape index (κ1) is 14.5. The predicted molar refractivity (Wildman–Crippen MR) is 70.9 cm³/mol. The second-order valence-electron chi connectivity index (χ2n) is 4.88. The summed E-state index contributed by atoms with van der Waals surface area (Å²) in [4.78, 5) is 21.3. The lowest BCUT2D eigenvalue weighted by atomic mass is 10.1. The molecule has 2 aromatic heterocycles. The molecule has 2 N–H and O–H groups in total. The highest BCUT2D eigenvalue weighted by atomic mass is 35.5. The molecule has 5 unspecified atom stereocenters. The zero-order valence-electron chi connectivity index (χ0n) is 10.8. The highest BCUT2D eigenvalue weighted by Crippen LogP contribution is 2.52. The number of ether oxygens (including phenoxy) is 1. The minimum absolute atomic E-state index is 0.158. The minimum atomic E-state index is -4.16. The number of hydrogen-bond acceptors (Lipinski definition) is 8. The average Bonchev–Trinajstić information content (AvgIpc) is 3.01. The number of rotatable bonds is 1. The van der Waals surface area contributed by atoms with Gasteiger partial charge in [0, 0.05) is 0 Å². The van der Waals surface area contributed by atoms with Gasteiger partial charge in [0.1, 0.15) is 30.2 Å². The molecule has 2 fully saturated rings. The van der Waals surface area contributed by atoms with E-state index in [2.05, 4.69) is 19.5 Å². The van der Waals surface area contributed by atoms with E-state index >= 15 is 0 Å². The van der Waals surface area contributed by atoms with Crippen LogP contribution in [0.25, 0.3) is 11.2 Å². The lowest BCUT2D eigenvalue weighted by Crippen LogP contribution is -2.39. The van der Waals surface area contributed by atoms with Crippen LogP contribution in [-0.4, -0.2) is 54.4 Å². The summed E-state index contributed by atoms with van der Waals surface area (Å²) >= 11 is 5.93. The summed E-state index contributed by atoms with van der Waals surface area (Å²) in [6.07, 6.45) is -1.09. The van der Waals surface area contributed by atoms with Gasteiger partial charge in [-0.15, -0.1) is 0 Å². The lowest BCUT2D eigenvalue weighted by molar-refractivity contribution is -0.0664. The number of aliphatic hydroxyl groups is 1. The molecule has 2 aliphatic heterocycles. The first-order valence-electron chi connectivity index (χ1n) is 6.28. The Morgan fingerprint density at radius 1 is 1.41 bits per heavy atom. The van der Waals surface area contributed by atoms with Gasteiger partial charge >= 0.3 is 7.82 Å². The summed E-state index contributed by atoms with van der Waals surface area (Å²) < 4.78 is 28.2. The molecule has 0 bridgehead atoms. The molecule has 0 spiro atoms. The van der Waals surface area contributed by atoms with Crippen LogP contribution in [0.4, 0.5) is 0 Å². The Hall–Kier alpha value is -1.13. The molecule has 2 aromatic rings. The molecule has 4 heterocycles. The summed E-state index contributed by atoms with van der Waals surface area (Å²) in [5, 5.41) is 10.5. The Kier molecular flexibility index (Phi) is 3.24. The van der Waals surface area contributed by atoms with Gasteiger partial charge in [0.15, 0.2) is 17.0 Å². The van der Waals surface area contributed by atoms with Gasteiger partial charge in [-0.2, -0.15) is 0 Å². The van der Waals surface area contributed by atoms with Gasteiger partial charge in [-0.05, 0) is 0 Å². The van der Waals surface area contributed by atoms with Crippen LogP contribution in [0.3, 0.4) is 0 Å². The van der Waals surface area contributed by atoms with E-state index in [1.54, 1.807) is 0 Å². The Morgan fingerprint density at radius 2 is 2.23 bits per heavy atom. The van der Waals surface area contributed by atoms with E-state index in [0.717, 1.165) is 0 Å². The molecule has 0 aliphatic carbocycles. The molecular weight excluding hydrogens is 339 g/mol. The topological polar surface area (TPSA) is 129 Å². The zero-order chi connectivity index (χ0) is 15.5. The molecule has 2 aliphatic rings. The molecule has 0 saturated carbocycles. The normalized spacial score (nSPS) is 38.3. The number of halogens is 1. The quantitative estimate of drug-likeness (QED) is 0.550. The molecule has 12 heteroatoms. The maximum absolute atomic E-state index is 11.5. The van der Waals surface area contributed by atoms with Crippen LogP contribution in [0.5, 0.6) is 0 Å². The third-order valence-corrected chi connectivity index (χ3v) is 4.82. The van der Waals surface area contributed by atoms with E-state index in [9.17, 15) is 14.6 Å². The fraction of sp³-hybridized carbons (Fsp3) is 0.500. The SMILES string of the molecule is O=P1(O)OCC2OC(n3cnc4c(Cl)ncnc43)C(O)C2O1. The molecule has 0 radical (unpaired) electrons. The number of phosphoric ester groups is 1. The second kappa shape index (κ2) is 4.93. The van der Waals surface area contributed by atoms with Gasteiger partial charge in [-0.3, -0.25) is 13.6 Å². The maximum atomic E-state index is 11.5. The number of imidazole rings is 1. The molecule has 4 rings (SSSR count). The van der Waals surface area contributed by atoms with Crippen molar-refractivity contribution >= 4 is 30.6 Å². The van der Waals surface area contributed by atoms with Crippen LogP contribution in [0.1, 0.15) is 6.23 Å². The summed E-state index contributed by atoms with van der Waals surface area (Å²) in [5.41, 5.74) is 0.732. The van der Waals surface area contributed by atoms with Gasteiger partial charge in [0.25, 0.3) is 0 Å². The van der Waals surface area contributed by atoms with E-state index < -0.39 is 32.4 Å². The average molecular weight is 349 g/mol. The van der Waals surface area contributed by atoms with Crippen molar-refractivity contribution < 1.29 is 28.3 Å². The minimum Gasteiger partial charge on any atom is -0.386 e. The highest BCUT2D eigenvalue weighted by Gasteiger charge is 2.52. The highest BCUT2D eigenvalue weighted by molar-refractivity contribution is 7.47. The van der Waals surface area contributed by atoms with Gasteiger partial charge in [-0.25, -0.2) is 19.5 Å². The summed E-state index contributed by atoms with van der Waals surface area (Å²) in [6.45, 7) is -0.158. The zero-order valence-corrected chi connectivity index (χ0v) is 12.5. The van der Waals surface area contributed by atoms with Gasteiger partial charge in [0.2, 0.25) is 0 Å². The monoisotopic (exact) mass is 348 g/mol. The Bertz CT molecular complexity index is 786. The van der Waals surface area contributed by atoms with E-state index in [4.69, 9.17) is 20.9 Å². The van der Waals surface area contributed by atoms with Crippen molar-refractivity contribution in [1.82, 2.24) is 19.5 Å². The fourth-order valence-corrected chi connectivity index (χ4v) is 3.72. The van der Waals surface area contributed by atoms with E-state index in [0.29, 0.717) is 11.2 Å².